The largest absolute Gasteiger partial charge is 0.444 e. The molecule has 8 nitrogen and oxygen atoms in total. The molecule has 3 aromatic rings. The summed E-state index contributed by atoms with van der Waals surface area (Å²) < 4.78 is 5.33. The maximum absolute atomic E-state index is 13.0. The first kappa shape index (κ1) is 26.7. The van der Waals surface area contributed by atoms with Crippen molar-refractivity contribution in [3.05, 3.63) is 71.9 Å². The highest BCUT2D eigenvalue weighted by molar-refractivity contribution is 5.92. The Morgan fingerprint density at radius 2 is 1.75 bits per heavy atom. The molecule has 0 unspecified atom stereocenters. The van der Waals surface area contributed by atoms with Gasteiger partial charge in [0.1, 0.15) is 11.4 Å². The zero-order chi connectivity index (χ0) is 26.1. The minimum Gasteiger partial charge on any atom is -0.444 e. The van der Waals surface area contributed by atoms with E-state index in [2.05, 4.69) is 15.6 Å². The van der Waals surface area contributed by atoms with Crippen LogP contribution in [0.4, 0.5) is 10.6 Å². The number of pyridine rings is 1. The second kappa shape index (κ2) is 12.2. The van der Waals surface area contributed by atoms with Gasteiger partial charge in [-0.05, 0) is 62.3 Å². The second-order valence-electron chi connectivity index (χ2n) is 9.72. The summed E-state index contributed by atoms with van der Waals surface area (Å²) in [6.45, 7) is 5.62. The van der Waals surface area contributed by atoms with Crippen molar-refractivity contribution in [2.45, 2.75) is 64.6 Å². The summed E-state index contributed by atoms with van der Waals surface area (Å²) in [5, 5.41) is 7.34. The molecule has 0 spiro atoms. The van der Waals surface area contributed by atoms with Gasteiger partial charge < -0.3 is 21.1 Å². The molecule has 0 aliphatic carbocycles. The number of Topliss-reactive ketones (excluding diaryl/α,β-unsaturated/α-hetero) is 1. The summed E-state index contributed by atoms with van der Waals surface area (Å²) >= 11 is 0. The molecule has 0 aliphatic rings. The van der Waals surface area contributed by atoms with E-state index in [-0.39, 0.29) is 24.5 Å². The number of carbonyl (C=O) groups is 3. The van der Waals surface area contributed by atoms with Crippen molar-refractivity contribution in [2.75, 3.05) is 5.73 Å². The number of fused-ring (bicyclic) bond motifs is 1. The Hall–Kier alpha value is -3.94. The molecule has 1 atom stereocenters. The number of hydrogen-bond donors (Lipinski definition) is 3. The molecule has 0 fully saturated rings. The van der Waals surface area contributed by atoms with Gasteiger partial charge in [0.25, 0.3) is 0 Å². The van der Waals surface area contributed by atoms with Crippen molar-refractivity contribution in [3.8, 4) is 0 Å². The molecule has 4 N–H and O–H groups in total. The molecule has 0 saturated heterocycles. The van der Waals surface area contributed by atoms with Crippen molar-refractivity contribution in [1.29, 1.82) is 0 Å². The summed E-state index contributed by atoms with van der Waals surface area (Å²) in [7, 11) is 0. The zero-order valence-electron chi connectivity index (χ0n) is 21.0. The number of nitrogens with one attached hydrogen (secondary N) is 2. The molecule has 0 bridgehead atoms. The highest BCUT2D eigenvalue weighted by Crippen LogP contribution is 2.20. The van der Waals surface area contributed by atoms with Gasteiger partial charge in [0.15, 0.2) is 5.78 Å². The quantitative estimate of drug-likeness (QED) is 0.389. The molecule has 0 radical (unpaired) electrons. The van der Waals surface area contributed by atoms with E-state index in [0.29, 0.717) is 25.2 Å². The standard InChI is InChI=1S/C28H34N4O4/c1-28(2,3)36-27(35)32-23(12-10-19-7-5-4-6-8-19)24(33)13-14-25(34)31-18-20-9-11-22-21(17-20)15-16-30-26(22)29/h4-9,11,15-17,23H,10,12-14,18H2,1-3H3,(H2,29,30)(H,31,34)(H,32,35)/t23-/m1/s1. The van der Waals surface area contributed by atoms with Gasteiger partial charge in [0.2, 0.25) is 5.91 Å². The van der Waals surface area contributed by atoms with Crippen LogP contribution < -0.4 is 16.4 Å². The number of alkyl carbamates (subject to hydrolysis) is 1. The van der Waals surface area contributed by atoms with Gasteiger partial charge in [-0.3, -0.25) is 9.59 Å². The van der Waals surface area contributed by atoms with Gasteiger partial charge >= 0.3 is 6.09 Å². The SMILES string of the molecule is CC(C)(C)OC(=O)N[C@H](CCc1ccccc1)C(=O)CCC(=O)NCc1ccc2c(N)nccc2c1. The predicted octanol–water partition coefficient (Wildman–Crippen LogP) is 4.31. The Kier molecular flexibility index (Phi) is 9.00. The molecular formula is C28H34N4O4. The van der Waals surface area contributed by atoms with Crippen molar-refractivity contribution < 1.29 is 19.1 Å². The minimum atomic E-state index is -0.743. The van der Waals surface area contributed by atoms with Gasteiger partial charge in [-0.2, -0.15) is 0 Å². The lowest BCUT2D eigenvalue weighted by atomic mass is 9.99. The van der Waals surface area contributed by atoms with Crippen LogP contribution in [0.2, 0.25) is 0 Å². The number of carbonyl (C=O) groups excluding carboxylic acids is 3. The smallest absolute Gasteiger partial charge is 0.408 e. The van der Waals surface area contributed by atoms with Crippen LogP contribution >= 0.6 is 0 Å². The van der Waals surface area contributed by atoms with Crippen molar-refractivity contribution >= 4 is 34.4 Å². The maximum atomic E-state index is 13.0. The number of amides is 2. The summed E-state index contributed by atoms with van der Waals surface area (Å²) in [5.74, 6) is 0.0146. The van der Waals surface area contributed by atoms with Crippen molar-refractivity contribution in [2.24, 2.45) is 0 Å². The molecule has 2 amide bonds. The topological polar surface area (TPSA) is 123 Å². The van der Waals surface area contributed by atoms with Gasteiger partial charge in [-0.1, -0.05) is 42.5 Å². The van der Waals surface area contributed by atoms with Crippen LogP contribution in [0.3, 0.4) is 0 Å². The van der Waals surface area contributed by atoms with E-state index in [0.717, 1.165) is 21.9 Å². The van der Waals surface area contributed by atoms with Gasteiger partial charge in [-0.15, -0.1) is 0 Å². The fourth-order valence-electron chi connectivity index (χ4n) is 3.78. The molecule has 8 heteroatoms. The molecular weight excluding hydrogens is 456 g/mol. The Labute approximate surface area is 211 Å². The van der Waals surface area contributed by atoms with Crippen LogP contribution in [0, 0.1) is 0 Å². The number of benzene rings is 2. The fourth-order valence-corrected chi connectivity index (χ4v) is 3.78. The van der Waals surface area contributed by atoms with Gasteiger partial charge in [0.05, 0.1) is 6.04 Å². The van der Waals surface area contributed by atoms with E-state index in [1.54, 1.807) is 27.0 Å². The van der Waals surface area contributed by atoms with Gasteiger partial charge in [-0.25, -0.2) is 9.78 Å². The van der Waals surface area contributed by atoms with Crippen molar-refractivity contribution in [1.82, 2.24) is 15.6 Å². The normalized spacial score (nSPS) is 12.1. The molecule has 2 aromatic carbocycles. The van der Waals surface area contributed by atoms with Crippen LogP contribution in [0.15, 0.2) is 60.8 Å². The summed E-state index contributed by atoms with van der Waals surface area (Å²) in [6, 6.07) is 16.6. The average molecular weight is 491 g/mol. The summed E-state index contributed by atoms with van der Waals surface area (Å²) in [5.41, 5.74) is 7.19. The lowest BCUT2D eigenvalue weighted by molar-refractivity contribution is -0.126. The van der Waals surface area contributed by atoms with Crippen LogP contribution in [0.5, 0.6) is 0 Å². The van der Waals surface area contributed by atoms with Crippen molar-refractivity contribution in [3.63, 3.8) is 0 Å². The monoisotopic (exact) mass is 490 g/mol. The first-order valence-corrected chi connectivity index (χ1v) is 12.1. The number of nitrogen functional groups attached to an aromatic ring is 1. The number of anilines is 1. The fraction of sp³-hybridized carbons (Fsp3) is 0.357. The summed E-state index contributed by atoms with van der Waals surface area (Å²) in [4.78, 5) is 41.8. The van der Waals surface area contributed by atoms with E-state index in [1.165, 1.54) is 0 Å². The van der Waals surface area contributed by atoms with Crippen LogP contribution in [-0.2, 0) is 27.3 Å². The third-order valence-corrected chi connectivity index (χ3v) is 5.59. The third-order valence-electron chi connectivity index (χ3n) is 5.59. The number of rotatable bonds is 10. The highest BCUT2D eigenvalue weighted by atomic mass is 16.6. The van der Waals surface area contributed by atoms with Crippen LogP contribution in [-0.4, -0.2) is 34.4 Å². The number of nitrogens with two attached hydrogens (primary N) is 1. The molecule has 190 valence electrons. The minimum absolute atomic E-state index is 0.0149. The first-order valence-electron chi connectivity index (χ1n) is 12.1. The number of aryl methyl sites for hydroxylation is 1. The number of aromatic nitrogens is 1. The van der Waals surface area contributed by atoms with Gasteiger partial charge in [0, 0.05) is 31.0 Å². The molecule has 1 heterocycles. The highest BCUT2D eigenvalue weighted by Gasteiger charge is 2.24. The molecule has 36 heavy (non-hydrogen) atoms. The Morgan fingerprint density at radius 3 is 2.47 bits per heavy atom. The lowest BCUT2D eigenvalue weighted by Gasteiger charge is -2.23. The van der Waals surface area contributed by atoms with Crippen LogP contribution in [0.25, 0.3) is 10.8 Å². The van der Waals surface area contributed by atoms with E-state index in [4.69, 9.17) is 10.5 Å². The Balaban J connectivity index is 1.54. The lowest BCUT2D eigenvalue weighted by Crippen LogP contribution is -2.44. The second-order valence-corrected chi connectivity index (χ2v) is 9.72. The Morgan fingerprint density at radius 1 is 1.00 bits per heavy atom. The van der Waals surface area contributed by atoms with E-state index >= 15 is 0 Å². The van der Waals surface area contributed by atoms with Crippen LogP contribution in [0.1, 0.15) is 51.2 Å². The number of ketones is 1. The van der Waals surface area contributed by atoms with E-state index < -0.39 is 17.7 Å². The molecule has 0 saturated carbocycles. The maximum Gasteiger partial charge on any atom is 0.408 e. The number of ether oxygens (including phenoxy) is 1. The molecule has 3 rings (SSSR count). The summed E-state index contributed by atoms with van der Waals surface area (Å²) in [6.07, 6.45) is 2.07. The molecule has 1 aromatic heterocycles. The number of hydrogen-bond acceptors (Lipinski definition) is 6. The first-order chi connectivity index (χ1) is 17.1. The zero-order valence-corrected chi connectivity index (χ0v) is 21.0. The Bertz CT molecular complexity index is 1210. The third kappa shape index (κ3) is 8.37. The van der Waals surface area contributed by atoms with E-state index in [1.807, 2.05) is 54.6 Å². The number of nitrogens with zero attached hydrogens (tertiary/aromatic N) is 1. The predicted molar refractivity (Wildman–Crippen MR) is 140 cm³/mol. The molecule has 0 aliphatic heterocycles. The van der Waals surface area contributed by atoms with E-state index in [9.17, 15) is 14.4 Å². The average Bonchev–Trinajstić information content (AvgIpc) is 2.83.